The number of esters is 1. The van der Waals surface area contributed by atoms with E-state index in [-0.39, 0.29) is 5.57 Å². The summed E-state index contributed by atoms with van der Waals surface area (Å²) < 4.78 is 36.3. The average Bonchev–Trinajstić information content (AvgIpc) is 2.18. The smallest absolute Gasteiger partial charge is 0.333 e. The van der Waals surface area contributed by atoms with Crippen LogP contribution in [0.4, 0.5) is 0 Å². The van der Waals surface area contributed by atoms with E-state index in [1.165, 1.54) is 28.1 Å². The molecule has 0 saturated heterocycles. The number of hydrogen-bond donors (Lipinski definition) is 1. The van der Waals surface area contributed by atoms with Crippen molar-refractivity contribution in [2.45, 2.75) is 18.2 Å². The lowest BCUT2D eigenvalue weighted by atomic mass is 10.1. The molecule has 0 rings (SSSR count). The Balaban J connectivity index is 5.43. The molecule has 1 atom stereocenters. The molecular weight excluding hydrogens is 290 g/mol. The molecule has 0 saturated carbocycles. The van der Waals surface area contributed by atoms with E-state index in [2.05, 4.69) is 11.3 Å². The molecule has 1 N–H and O–H groups in total. The van der Waals surface area contributed by atoms with Crippen molar-refractivity contribution in [1.82, 2.24) is 0 Å². The van der Waals surface area contributed by atoms with Gasteiger partial charge < -0.3 is 19.1 Å². The minimum absolute atomic E-state index is 0.0844. The number of carboxylic acid groups (broad SMARTS) is 1. The molecule has 0 aliphatic carbocycles. The molecule has 0 fully saturated rings. The lowest BCUT2D eigenvalue weighted by Crippen LogP contribution is -2.70. The number of carbonyl (C=O) groups is 2. The van der Waals surface area contributed by atoms with E-state index in [0.717, 1.165) is 0 Å². The third-order valence-corrected chi connectivity index (χ3v) is 4.62. The van der Waals surface area contributed by atoms with Crippen molar-refractivity contribution in [2.75, 3.05) is 27.7 Å². The molecule has 0 bridgehead atoms. The molecule has 0 aromatic carbocycles. The molecule has 1 unspecified atom stereocenters. The summed E-state index contributed by atoms with van der Waals surface area (Å²) in [5.41, 5.74) is 0.0844. The van der Waals surface area contributed by atoms with Crippen molar-refractivity contribution in [3.05, 3.63) is 12.2 Å². The summed E-state index contributed by atoms with van der Waals surface area (Å²) in [6.45, 7) is 4.20. The zero-order valence-corrected chi connectivity index (χ0v) is 12.7. The molecule has 0 aromatic rings. The highest BCUT2D eigenvalue weighted by Gasteiger charge is 2.56. The number of nitrogens with zero attached hydrogens (tertiary/aromatic N) is 1. The summed E-state index contributed by atoms with van der Waals surface area (Å²) in [6, 6.07) is 0. The van der Waals surface area contributed by atoms with E-state index in [4.69, 9.17) is 0 Å². The van der Waals surface area contributed by atoms with Gasteiger partial charge in [-0.2, -0.15) is 8.42 Å². The van der Waals surface area contributed by atoms with Gasteiger partial charge in [0.1, 0.15) is 5.97 Å². The van der Waals surface area contributed by atoms with E-state index >= 15 is 0 Å². The van der Waals surface area contributed by atoms with Gasteiger partial charge in [0.05, 0.1) is 34.2 Å². The molecule has 0 aliphatic heterocycles. The quantitative estimate of drug-likeness (QED) is 0.264. The number of rotatable bonds is 7. The fraction of sp³-hybridized carbons (Fsp3) is 0.636. The number of carboxylic acids is 1. The molecule has 0 amide bonds. The normalized spacial score (nSPS) is 15.2. The number of aliphatic carboxylic acids is 1. The second kappa shape index (κ2) is 5.90. The third kappa shape index (κ3) is 3.56. The summed E-state index contributed by atoms with van der Waals surface area (Å²) in [4.78, 5) is 19.9. The van der Waals surface area contributed by atoms with Crippen LogP contribution in [-0.2, 0) is 24.4 Å². The van der Waals surface area contributed by atoms with Crippen LogP contribution >= 0.6 is 0 Å². The van der Waals surface area contributed by atoms with Gasteiger partial charge in [0.2, 0.25) is 0 Å². The Morgan fingerprint density at radius 2 is 1.80 bits per heavy atom. The highest BCUT2D eigenvalue weighted by molar-refractivity contribution is 7.87. The first-order valence-corrected chi connectivity index (χ1v) is 7.04. The van der Waals surface area contributed by atoms with Crippen LogP contribution in [-0.4, -0.2) is 62.0 Å². The zero-order valence-electron chi connectivity index (χ0n) is 11.9. The Labute approximate surface area is 118 Å². The van der Waals surface area contributed by atoms with Crippen LogP contribution in [0.15, 0.2) is 12.2 Å². The third-order valence-electron chi connectivity index (χ3n) is 2.85. The van der Waals surface area contributed by atoms with Crippen molar-refractivity contribution in [3.63, 3.8) is 0 Å². The van der Waals surface area contributed by atoms with Crippen LogP contribution in [0.3, 0.4) is 0 Å². The monoisotopic (exact) mass is 309 g/mol. The van der Waals surface area contributed by atoms with E-state index in [9.17, 15) is 27.7 Å². The van der Waals surface area contributed by atoms with E-state index < -0.39 is 44.4 Å². The van der Waals surface area contributed by atoms with Crippen LogP contribution in [0.25, 0.3) is 0 Å². The summed E-state index contributed by atoms with van der Waals surface area (Å²) in [6.07, 6.45) is -0.656. The van der Waals surface area contributed by atoms with Gasteiger partial charge in [0.25, 0.3) is 4.87 Å². The Bertz CT molecular complexity index is 517. The summed E-state index contributed by atoms with van der Waals surface area (Å²) in [5.74, 6) is -2.76. The number of quaternary nitrogens is 1. The fourth-order valence-electron chi connectivity index (χ4n) is 1.70. The van der Waals surface area contributed by atoms with Gasteiger partial charge in [0, 0.05) is 5.57 Å². The van der Waals surface area contributed by atoms with Crippen LogP contribution in [0, 0.1) is 0 Å². The van der Waals surface area contributed by atoms with Crippen molar-refractivity contribution < 1.29 is 36.9 Å². The van der Waals surface area contributed by atoms with E-state index in [0.29, 0.717) is 0 Å². The Morgan fingerprint density at radius 1 is 1.35 bits per heavy atom. The number of carbonyl (C=O) groups excluding carboxylic acids is 2. The number of hydrogen-bond acceptors (Lipinski definition) is 6. The van der Waals surface area contributed by atoms with Crippen molar-refractivity contribution in [2.24, 2.45) is 0 Å². The van der Waals surface area contributed by atoms with Crippen molar-refractivity contribution in [3.8, 4) is 0 Å². The first-order valence-electron chi connectivity index (χ1n) is 5.60. The number of ether oxygens (including phenoxy) is 1. The molecule has 20 heavy (non-hydrogen) atoms. The summed E-state index contributed by atoms with van der Waals surface area (Å²) in [5, 5.41) is 11.3. The standard InChI is InChI=1S/C11H19NO7S/c1-8(2)9(13)19-7-6-11(10(14)15,12(3,4)5)20(16,17)18/h1,6-7H2,2-5H3,(H-,14,15,16,17,18). The second-order valence-corrected chi connectivity index (χ2v) is 6.85. The van der Waals surface area contributed by atoms with Crippen LogP contribution < -0.4 is 5.11 Å². The van der Waals surface area contributed by atoms with Gasteiger partial charge in [-0.05, 0) is 6.92 Å². The maximum atomic E-state index is 11.5. The van der Waals surface area contributed by atoms with Crippen LogP contribution in [0.2, 0.25) is 0 Å². The minimum atomic E-state index is -5.01. The van der Waals surface area contributed by atoms with Crippen molar-refractivity contribution in [1.29, 1.82) is 0 Å². The maximum absolute atomic E-state index is 11.5. The van der Waals surface area contributed by atoms with Gasteiger partial charge in [-0.15, -0.1) is 0 Å². The van der Waals surface area contributed by atoms with Gasteiger partial charge in [0.15, 0.2) is 0 Å². The first kappa shape index (κ1) is 18.6. The largest absolute Gasteiger partial charge is 0.543 e. The Kier molecular flexibility index (Phi) is 5.47. The van der Waals surface area contributed by atoms with Gasteiger partial charge in [-0.25, -0.2) is 4.79 Å². The Hall–Kier alpha value is -1.45. The van der Waals surface area contributed by atoms with Gasteiger partial charge in [-0.3, -0.25) is 4.55 Å². The summed E-state index contributed by atoms with van der Waals surface area (Å²) in [7, 11) is -1.20. The molecule has 0 heterocycles. The minimum Gasteiger partial charge on any atom is -0.543 e. The van der Waals surface area contributed by atoms with Crippen LogP contribution in [0.1, 0.15) is 13.3 Å². The molecular formula is C11H19NO7S. The van der Waals surface area contributed by atoms with E-state index in [1.54, 1.807) is 0 Å². The molecule has 0 radical (unpaired) electrons. The van der Waals surface area contributed by atoms with Crippen molar-refractivity contribution >= 4 is 22.1 Å². The molecule has 9 heteroatoms. The molecule has 116 valence electrons. The Morgan fingerprint density at radius 3 is 2.05 bits per heavy atom. The highest BCUT2D eigenvalue weighted by atomic mass is 32.2. The lowest BCUT2D eigenvalue weighted by molar-refractivity contribution is -0.901. The second-order valence-electron chi connectivity index (χ2n) is 5.23. The zero-order chi connectivity index (χ0) is 16.4. The summed E-state index contributed by atoms with van der Waals surface area (Å²) >= 11 is 0. The van der Waals surface area contributed by atoms with Crippen LogP contribution in [0.5, 0.6) is 0 Å². The molecule has 0 aromatic heterocycles. The lowest BCUT2D eigenvalue weighted by Gasteiger charge is -2.43. The average molecular weight is 309 g/mol. The number of likely N-dealkylation sites (N-methyl/N-ethyl adjacent to an activating group) is 1. The first-order chi connectivity index (χ1) is 8.77. The molecule has 0 aliphatic rings. The maximum Gasteiger partial charge on any atom is 0.333 e. The topological polar surface area (TPSA) is 121 Å². The molecule has 8 nitrogen and oxygen atoms in total. The predicted octanol–water partition coefficient (Wildman–Crippen LogP) is -1.46. The fourth-order valence-corrected chi connectivity index (χ4v) is 2.94. The predicted molar refractivity (Wildman–Crippen MR) is 67.7 cm³/mol. The van der Waals surface area contributed by atoms with E-state index in [1.807, 2.05) is 0 Å². The SMILES string of the molecule is C=C(C)C(=O)OCCC(C(=O)[O-])([N+](C)(C)C)S(=O)(=O)O. The van der Waals surface area contributed by atoms with Gasteiger partial charge >= 0.3 is 16.1 Å². The van der Waals surface area contributed by atoms with Gasteiger partial charge in [-0.1, -0.05) is 6.58 Å². The molecule has 0 spiro atoms. The highest BCUT2D eigenvalue weighted by Crippen LogP contribution is 2.28.